The van der Waals surface area contributed by atoms with E-state index < -0.39 is 18.6 Å². The molecular weight excluding hydrogens is 210 g/mol. The standard InChI is InChI=1S/C11H19NO4/c1-16-11(15)9(7-13)12-10(14)8-5-3-2-4-6-8/h8-9,13H,2-7H2,1H3,(H,12,14). The van der Waals surface area contributed by atoms with Crippen LogP contribution in [-0.4, -0.2) is 36.7 Å². The summed E-state index contributed by atoms with van der Waals surface area (Å²) < 4.78 is 4.48. The fourth-order valence-corrected chi connectivity index (χ4v) is 1.98. The van der Waals surface area contributed by atoms with Gasteiger partial charge in [0.1, 0.15) is 0 Å². The molecule has 0 spiro atoms. The molecule has 2 N–H and O–H groups in total. The minimum atomic E-state index is -0.931. The summed E-state index contributed by atoms with van der Waals surface area (Å²) in [5.74, 6) is -0.775. The number of hydrogen-bond donors (Lipinski definition) is 2. The third-order valence-corrected chi connectivity index (χ3v) is 2.96. The third kappa shape index (κ3) is 3.48. The van der Waals surface area contributed by atoms with Crippen LogP contribution in [0.1, 0.15) is 32.1 Å². The zero-order valence-electron chi connectivity index (χ0n) is 9.57. The highest BCUT2D eigenvalue weighted by Gasteiger charge is 2.26. The van der Waals surface area contributed by atoms with Gasteiger partial charge in [0.15, 0.2) is 6.04 Å². The molecule has 1 aliphatic carbocycles. The van der Waals surface area contributed by atoms with Gasteiger partial charge < -0.3 is 15.2 Å². The first-order valence-electron chi connectivity index (χ1n) is 5.68. The minimum Gasteiger partial charge on any atom is -0.467 e. The summed E-state index contributed by atoms with van der Waals surface area (Å²) in [5.41, 5.74) is 0. The van der Waals surface area contributed by atoms with Gasteiger partial charge in [0.05, 0.1) is 13.7 Å². The summed E-state index contributed by atoms with van der Waals surface area (Å²) >= 11 is 0. The Morgan fingerprint density at radius 1 is 1.38 bits per heavy atom. The first-order valence-corrected chi connectivity index (χ1v) is 5.68. The predicted molar refractivity (Wildman–Crippen MR) is 57.6 cm³/mol. The van der Waals surface area contributed by atoms with E-state index in [0.717, 1.165) is 25.7 Å². The summed E-state index contributed by atoms with van der Waals surface area (Å²) in [4.78, 5) is 22.9. The van der Waals surface area contributed by atoms with E-state index in [1.165, 1.54) is 13.5 Å². The van der Waals surface area contributed by atoms with Crippen molar-refractivity contribution in [3.05, 3.63) is 0 Å². The van der Waals surface area contributed by atoms with Crippen LogP contribution in [0.3, 0.4) is 0 Å². The monoisotopic (exact) mass is 229 g/mol. The van der Waals surface area contributed by atoms with E-state index in [2.05, 4.69) is 10.1 Å². The van der Waals surface area contributed by atoms with E-state index in [1.807, 2.05) is 0 Å². The number of hydrogen-bond acceptors (Lipinski definition) is 4. The lowest BCUT2D eigenvalue weighted by atomic mass is 9.88. The van der Waals surface area contributed by atoms with Crippen LogP contribution in [-0.2, 0) is 14.3 Å². The molecule has 0 saturated heterocycles. The number of nitrogens with one attached hydrogen (secondary N) is 1. The van der Waals surface area contributed by atoms with Gasteiger partial charge in [-0.3, -0.25) is 4.79 Å². The maximum absolute atomic E-state index is 11.8. The number of carbonyl (C=O) groups excluding carboxylic acids is 2. The summed E-state index contributed by atoms with van der Waals surface area (Å²) in [5, 5.41) is 11.5. The lowest BCUT2D eigenvalue weighted by Gasteiger charge is -2.22. The van der Waals surface area contributed by atoms with E-state index in [4.69, 9.17) is 5.11 Å². The second-order valence-electron chi connectivity index (χ2n) is 4.10. The van der Waals surface area contributed by atoms with Gasteiger partial charge in [-0.15, -0.1) is 0 Å². The number of rotatable bonds is 4. The molecule has 1 amide bonds. The molecule has 1 atom stereocenters. The Kier molecular flexibility index (Phi) is 5.25. The second-order valence-corrected chi connectivity index (χ2v) is 4.10. The lowest BCUT2D eigenvalue weighted by molar-refractivity contribution is -0.146. The van der Waals surface area contributed by atoms with Gasteiger partial charge in [-0.1, -0.05) is 19.3 Å². The largest absolute Gasteiger partial charge is 0.467 e. The van der Waals surface area contributed by atoms with E-state index in [1.54, 1.807) is 0 Å². The first kappa shape index (κ1) is 13.0. The van der Waals surface area contributed by atoms with E-state index >= 15 is 0 Å². The molecule has 5 heteroatoms. The summed E-state index contributed by atoms with van der Waals surface area (Å²) in [6.07, 6.45) is 5.01. The number of esters is 1. The molecule has 92 valence electrons. The molecule has 0 aromatic heterocycles. The molecule has 0 aliphatic heterocycles. The summed E-state index contributed by atoms with van der Waals surface area (Å²) in [6, 6.07) is -0.931. The van der Waals surface area contributed by atoms with Crippen LogP contribution in [0.15, 0.2) is 0 Å². The van der Waals surface area contributed by atoms with Crippen molar-refractivity contribution < 1.29 is 19.4 Å². The normalized spacial score (nSPS) is 18.9. The van der Waals surface area contributed by atoms with Crippen LogP contribution in [0.2, 0.25) is 0 Å². The number of methoxy groups -OCH3 is 1. The van der Waals surface area contributed by atoms with Gasteiger partial charge in [-0.25, -0.2) is 4.79 Å². The highest BCUT2D eigenvalue weighted by atomic mass is 16.5. The Labute approximate surface area is 95.2 Å². The average Bonchev–Trinajstić information content (AvgIpc) is 2.35. The molecule has 16 heavy (non-hydrogen) atoms. The SMILES string of the molecule is COC(=O)C(CO)NC(=O)C1CCCCC1. The smallest absolute Gasteiger partial charge is 0.330 e. The molecule has 1 aliphatic rings. The van der Waals surface area contributed by atoms with Crippen molar-refractivity contribution in [1.82, 2.24) is 5.32 Å². The number of aliphatic hydroxyl groups excluding tert-OH is 1. The molecule has 0 radical (unpaired) electrons. The number of carbonyl (C=O) groups is 2. The van der Waals surface area contributed by atoms with E-state index in [9.17, 15) is 9.59 Å². The molecule has 0 aromatic carbocycles. The zero-order valence-corrected chi connectivity index (χ0v) is 9.57. The van der Waals surface area contributed by atoms with Crippen molar-refractivity contribution in [2.24, 2.45) is 5.92 Å². The molecule has 1 fully saturated rings. The summed E-state index contributed by atoms with van der Waals surface area (Å²) in [7, 11) is 1.23. The Morgan fingerprint density at radius 3 is 2.50 bits per heavy atom. The van der Waals surface area contributed by atoms with Crippen molar-refractivity contribution in [3.8, 4) is 0 Å². The van der Waals surface area contributed by atoms with Crippen molar-refractivity contribution in [2.75, 3.05) is 13.7 Å². The molecule has 1 rings (SSSR count). The Bertz CT molecular complexity index is 248. The van der Waals surface area contributed by atoms with Crippen molar-refractivity contribution in [1.29, 1.82) is 0 Å². The van der Waals surface area contributed by atoms with Crippen LogP contribution in [0.25, 0.3) is 0 Å². The van der Waals surface area contributed by atoms with Gasteiger partial charge in [0.2, 0.25) is 5.91 Å². The van der Waals surface area contributed by atoms with E-state index in [-0.39, 0.29) is 11.8 Å². The zero-order chi connectivity index (χ0) is 12.0. The number of aliphatic hydroxyl groups is 1. The van der Waals surface area contributed by atoms with E-state index in [0.29, 0.717) is 0 Å². The predicted octanol–water partition coefficient (Wildman–Crippen LogP) is 0.217. The second kappa shape index (κ2) is 6.48. The first-order chi connectivity index (χ1) is 7.69. The average molecular weight is 229 g/mol. The Balaban J connectivity index is 2.44. The molecule has 0 bridgehead atoms. The maximum atomic E-state index is 11.8. The van der Waals surface area contributed by atoms with Crippen LogP contribution < -0.4 is 5.32 Å². The van der Waals surface area contributed by atoms with Crippen LogP contribution in [0.5, 0.6) is 0 Å². The van der Waals surface area contributed by atoms with Crippen LogP contribution in [0, 0.1) is 5.92 Å². The third-order valence-electron chi connectivity index (χ3n) is 2.96. The maximum Gasteiger partial charge on any atom is 0.330 e. The highest BCUT2D eigenvalue weighted by molar-refractivity contribution is 5.85. The Hall–Kier alpha value is -1.10. The topological polar surface area (TPSA) is 75.6 Å². The van der Waals surface area contributed by atoms with Crippen molar-refractivity contribution in [3.63, 3.8) is 0 Å². The van der Waals surface area contributed by atoms with Gasteiger partial charge in [0, 0.05) is 5.92 Å². The molecule has 0 heterocycles. The molecular formula is C11H19NO4. The van der Waals surface area contributed by atoms with Crippen LogP contribution >= 0.6 is 0 Å². The van der Waals surface area contributed by atoms with Crippen molar-refractivity contribution >= 4 is 11.9 Å². The lowest BCUT2D eigenvalue weighted by Crippen LogP contribution is -2.46. The molecule has 5 nitrogen and oxygen atoms in total. The number of amides is 1. The number of ether oxygens (including phenoxy) is 1. The fraction of sp³-hybridized carbons (Fsp3) is 0.818. The fourth-order valence-electron chi connectivity index (χ4n) is 1.98. The summed E-state index contributed by atoms with van der Waals surface area (Å²) in [6.45, 7) is -0.425. The molecule has 1 unspecified atom stereocenters. The van der Waals surface area contributed by atoms with Gasteiger partial charge in [-0.2, -0.15) is 0 Å². The molecule has 1 saturated carbocycles. The van der Waals surface area contributed by atoms with Gasteiger partial charge in [0.25, 0.3) is 0 Å². The van der Waals surface area contributed by atoms with Crippen molar-refractivity contribution in [2.45, 2.75) is 38.1 Å². The Morgan fingerprint density at radius 2 is 2.00 bits per heavy atom. The molecule has 0 aromatic rings. The minimum absolute atomic E-state index is 0.0209. The highest BCUT2D eigenvalue weighted by Crippen LogP contribution is 2.23. The van der Waals surface area contributed by atoms with Gasteiger partial charge >= 0.3 is 5.97 Å². The quantitative estimate of drug-likeness (QED) is 0.676. The van der Waals surface area contributed by atoms with Gasteiger partial charge in [-0.05, 0) is 12.8 Å². The van der Waals surface area contributed by atoms with Crippen LogP contribution in [0.4, 0.5) is 0 Å².